The van der Waals surface area contributed by atoms with Gasteiger partial charge in [0.15, 0.2) is 0 Å². The minimum absolute atomic E-state index is 0.111. The molecular weight excluding hydrogens is 447 g/mol. The lowest BCUT2D eigenvalue weighted by Gasteiger charge is -2.45. The first kappa shape index (κ1) is 25.4. The number of piperidine rings is 1. The van der Waals surface area contributed by atoms with Crippen molar-refractivity contribution in [2.24, 2.45) is 5.92 Å². The Bertz CT molecular complexity index is 954. The van der Waals surface area contributed by atoms with Crippen molar-refractivity contribution < 1.29 is 24.1 Å². The van der Waals surface area contributed by atoms with Crippen LogP contribution in [-0.2, 0) is 17.6 Å². The Morgan fingerprint density at radius 2 is 2.06 bits per heavy atom. The quantitative estimate of drug-likeness (QED) is 0.418. The number of rotatable bonds is 10. The van der Waals surface area contributed by atoms with Crippen LogP contribution >= 0.6 is 11.6 Å². The zero-order valence-corrected chi connectivity index (χ0v) is 19.8. The average molecular weight is 479 g/mol. The fourth-order valence-electron chi connectivity index (χ4n) is 4.25. The second kappa shape index (κ2) is 10.8. The van der Waals surface area contributed by atoms with Crippen LogP contribution in [0.15, 0.2) is 42.5 Å². The number of aliphatic carboxylic acids is 1. The molecule has 1 aliphatic heterocycles. The van der Waals surface area contributed by atoms with Gasteiger partial charge < -0.3 is 25.6 Å². The third-order valence-electron chi connectivity index (χ3n) is 6.31. The molecule has 1 heterocycles. The van der Waals surface area contributed by atoms with E-state index in [9.17, 15) is 14.3 Å². The van der Waals surface area contributed by atoms with Crippen LogP contribution in [0, 0.1) is 11.7 Å². The molecule has 0 aliphatic carbocycles. The SMILES string of the molecule is C[C@@H]1CNCC[C@@]1(Cc1ccc(Cl)cc1)NC[C@](C)(O)COc1cc(F)ccc1CC(=O)O. The third kappa shape index (κ3) is 7.14. The number of benzene rings is 2. The number of nitrogens with one attached hydrogen (secondary N) is 2. The highest BCUT2D eigenvalue weighted by Gasteiger charge is 2.39. The van der Waals surface area contributed by atoms with E-state index in [0.29, 0.717) is 16.5 Å². The number of hydrogen-bond donors (Lipinski definition) is 4. The Balaban J connectivity index is 1.69. The summed E-state index contributed by atoms with van der Waals surface area (Å²) in [6.07, 6.45) is 1.39. The van der Waals surface area contributed by atoms with E-state index in [1.165, 1.54) is 12.1 Å². The van der Waals surface area contributed by atoms with E-state index in [0.717, 1.165) is 37.6 Å². The van der Waals surface area contributed by atoms with Crippen LogP contribution < -0.4 is 15.4 Å². The maximum Gasteiger partial charge on any atom is 0.307 e. The summed E-state index contributed by atoms with van der Waals surface area (Å²) in [6.45, 7) is 5.71. The summed E-state index contributed by atoms with van der Waals surface area (Å²) in [5, 5.41) is 27.8. The van der Waals surface area contributed by atoms with Gasteiger partial charge in [-0.05, 0) is 62.5 Å². The topological polar surface area (TPSA) is 90.8 Å². The van der Waals surface area contributed by atoms with Gasteiger partial charge in [0.25, 0.3) is 0 Å². The molecule has 0 spiro atoms. The zero-order chi connectivity index (χ0) is 24.1. The van der Waals surface area contributed by atoms with Gasteiger partial charge >= 0.3 is 5.97 Å². The summed E-state index contributed by atoms with van der Waals surface area (Å²) in [4.78, 5) is 11.1. The molecule has 1 aliphatic rings. The minimum atomic E-state index is -1.26. The molecule has 2 aromatic carbocycles. The number of hydrogen-bond acceptors (Lipinski definition) is 5. The zero-order valence-electron chi connectivity index (χ0n) is 19.0. The first-order chi connectivity index (χ1) is 15.6. The van der Waals surface area contributed by atoms with E-state index in [2.05, 4.69) is 17.6 Å². The van der Waals surface area contributed by atoms with Crippen molar-refractivity contribution in [3.63, 3.8) is 0 Å². The van der Waals surface area contributed by atoms with Gasteiger partial charge in [0.2, 0.25) is 0 Å². The van der Waals surface area contributed by atoms with Crippen molar-refractivity contribution in [1.82, 2.24) is 10.6 Å². The van der Waals surface area contributed by atoms with Gasteiger partial charge in [-0.1, -0.05) is 36.7 Å². The molecular formula is C25H32ClFN2O4. The summed E-state index contributed by atoms with van der Waals surface area (Å²) in [7, 11) is 0. The highest BCUT2D eigenvalue weighted by molar-refractivity contribution is 6.30. The second-order valence-corrected chi connectivity index (χ2v) is 9.71. The van der Waals surface area contributed by atoms with Crippen molar-refractivity contribution >= 4 is 17.6 Å². The molecule has 2 aromatic rings. The van der Waals surface area contributed by atoms with Crippen LogP contribution in [0.5, 0.6) is 5.75 Å². The Labute approximate surface area is 199 Å². The van der Waals surface area contributed by atoms with Gasteiger partial charge in [0.1, 0.15) is 23.8 Å². The van der Waals surface area contributed by atoms with Gasteiger partial charge in [-0.15, -0.1) is 0 Å². The van der Waals surface area contributed by atoms with Gasteiger partial charge in [-0.25, -0.2) is 4.39 Å². The fourth-order valence-corrected chi connectivity index (χ4v) is 4.37. The molecule has 0 bridgehead atoms. The summed E-state index contributed by atoms with van der Waals surface area (Å²) < 4.78 is 19.4. The van der Waals surface area contributed by atoms with Crippen LogP contribution in [0.3, 0.4) is 0 Å². The lowest BCUT2D eigenvalue weighted by molar-refractivity contribution is -0.136. The molecule has 0 aromatic heterocycles. The van der Waals surface area contributed by atoms with E-state index in [1.54, 1.807) is 6.92 Å². The minimum Gasteiger partial charge on any atom is -0.490 e. The normalized spacial score (nSPS) is 22.5. The lowest BCUT2D eigenvalue weighted by atomic mass is 9.75. The molecule has 6 nitrogen and oxygen atoms in total. The van der Waals surface area contributed by atoms with E-state index < -0.39 is 17.4 Å². The number of aliphatic hydroxyl groups is 1. The van der Waals surface area contributed by atoms with E-state index in [1.807, 2.05) is 24.3 Å². The maximum absolute atomic E-state index is 13.7. The molecule has 0 saturated carbocycles. The highest BCUT2D eigenvalue weighted by atomic mass is 35.5. The van der Waals surface area contributed by atoms with E-state index in [-0.39, 0.29) is 30.9 Å². The van der Waals surface area contributed by atoms with Crippen LogP contribution in [0.2, 0.25) is 5.02 Å². The Morgan fingerprint density at radius 1 is 1.33 bits per heavy atom. The molecule has 0 unspecified atom stereocenters. The van der Waals surface area contributed by atoms with Gasteiger partial charge in [0, 0.05) is 28.7 Å². The van der Waals surface area contributed by atoms with Crippen molar-refractivity contribution in [2.45, 2.75) is 44.2 Å². The van der Waals surface area contributed by atoms with Gasteiger partial charge in [-0.3, -0.25) is 4.79 Å². The summed E-state index contributed by atoms with van der Waals surface area (Å²) in [6, 6.07) is 11.6. The van der Waals surface area contributed by atoms with Crippen molar-refractivity contribution in [1.29, 1.82) is 0 Å². The van der Waals surface area contributed by atoms with Crippen LogP contribution in [0.1, 0.15) is 31.4 Å². The predicted octanol–water partition coefficient (Wildman–Crippen LogP) is 3.44. The Morgan fingerprint density at radius 3 is 2.73 bits per heavy atom. The summed E-state index contributed by atoms with van der Waals surface area (Å²) >= 11 is 6.04. The fraction of sp³-hybridized carbons (Fsp3) is 0.480. The van der Waals surface area contributed by atoms with Crippen LogP contribution in [0.4, 0.5) is 4.39 Å². The number of β-amino-alcohol motifs (C(OH)–C–C–N with tert-alkyl or cyclic N) is 1. The molecule has 3 atom stereocenters. The van der Waals surface area contributed by atoms with Crippen molar-refractivity contribution in [2.75, 3.05) is 26.2 Å². The van der Waals surface area contributed by atoms with Crippen molar-refractivity contribution in [3.05, 3.63) is 64.4 Å². The number of carbonyl (C=O) groups is 1. The monoisotopic (exact) mass is 478 g/mol. The molecule has 0 amide bonds. The number of carboxylic acids is 1. The van der Waals surface area contributed by atoms with Crippen molar-refractivity contribution in [3.8, 4) is 5.75 Å². The predicted molar refractivity (Wildman–Crippen MR) is 126 cm³/mol. The standard InChI is InChI=1S/C25H32ClFN2O4/c1-17-14-28-10-9-25(17,13-18-3-6-20(26)7-4-18)29-15-24(2,32)16-33-22-12-21(27)8-5-19(22)11-23(30)31/h3-8,12,17,28-29,32H,9-11,13-16H2,1-2H3,(H,30,31)/t17-,24+,25+/m1/s1. The van der Waals surface area contributed by atoms with E-state index in [4.69, 9.17) is 21.4 Å². The average Bonchev–Trinajstić information content (AvgIpc) is 2.76. The van der Waals surface area contributed by atoms with Crippen LogP contribution in [-0.4, -0.2) is 53.6 Å². The number of ether oxygens (including phenoxy) is 1. The van der Waals surface area contributed by atoms with Gasteiger partial charge in [-0.2, -0.15) is 0 Å². The third-order valence-corrected chi connectivity index (χ3v) is 6.56. The first-order valence-corrected chi connectivity index (χ1v) is 11.5. The summed E-state index contributed by atoms with van der Waals surface area (Å²) in [5.41, 5.74) is 0.0364. The first-order valence-electron chi connectivity index (χ1n) is 11.1. The molecule has 4 N–H and O–H groups in total. The molecule has 0 radical (unpaired) electrons. The highest BCUT2D eigenvalue weighted by Crippen LogP contribution is 2.30. The number of carboxylic acid groups (broad SMARTS) is 1. The molecule has 1 fully saturated rings. The Hall–Kier alpha value is -2.19. The molecule has 8 heteroatoms. The van der Waals surface area contributed by atoms with Crippen LogP contribution in [0.25, 0.3) is 0 Å². The Kier molecular flexibility index (Phi) is 8.34. The second-order valence-electron chi connectivity index (χ2n) is 9.28. The maximum atomic E-state index is 13.7. The molecule has 33 heavy (non-hydrogen) atoms. The smallest absolute Gasteiger partial charge is 0.307 e. The molecule has 3 rings (SSSR count). The van der Waals surface area contributed by atoms with E-state index >= 15 is 0 Å². The summed E-state index contributed by atoms with van der Waals surface area (Å²) in [5.74, 6) is -1.13. The lowest BCUT2D eigenvalue weighted by Crippen LogP contribution is -2.62. The largest absolute Gasteiger partial charge is 0.490 e. The molecule has 180 valence electrons. The number of halogens is 2. The van der Waals surface area contributed by atoms with Gasteiger partial charge in [0.05, 0.1) is 6.42 Å². The molecule has 1 saturated heterocycles.